The molecule has 33 heavy (non-hydrogen) atoms. The van der Waals surface area contributed by atoms with E-state index in [-0.39, 0.29) is 17.1 Å². The lowest BCUT2D eigenvalue weighted by Gasteiger charge is -2.44. The molecule has 174 valence electrons. The van der Waals surface area contributed by atoms with Gasteiger partial charge in [-0.15, -0.1) is 0 Å². The molecule has 0 unspecified atom stereocenters. The van der Waals surface area contributed by atoms with Gasteiger partial charge < -0.3 is 4.43 Å². The number of azide groups is 1. The van der Waals surface area contributed by atoms with E-state index in [2.05, 4.69) is 107 Å². The summed E-state index contributed by atoms with van der Waals surface area (Å²) in [5.41, 5.74) is 8.66. The summed E-state index contributed by atoms with van der Waals surface area (Å²) >= 11 is 0. The Morgan fingerprint density at radius 3 is 2.06 bits per heavy atom. The number of benzene rings is 2. The molecule has 2 atom stereocenters. The van der Waals surface area contributed by atoms with Crippen LogP contribution in [0.5, 0.6) is 0 Å². The standard InChI is InChI=1S/C25H34N6OSi/c1-25(2,3)33(22-10-6-4-7-11-22,23-12-8-5-9-13-23)32-19-21-15-17-31-16-14-20(18-27-30-26)28-24(31)29-21/h4-13,20-21H,14-19H2,1-3H3,(H,28,29)/p+1/t20-,21-/m1/s1. The van der Waals surface area contributed by atoms with Gasteiger partial charge in [-0.25, -0.2) is 0 Å². The molecule has 2 aromatic rings. The number of guanidine groups is 1. The van der Waals surface area contributed by atoms with Gasteiger partial charge in [0.1, 0.15) is 0 Å². The van der Waals surface area contributed by atoms with Crippen LogP contribution in [-0.4, -0.2) is 57.2 Å². The molecule has 0 saturated carbocycles. The zero-order chi connectivity index (χ0) is 23.3. The zero-order valence-corrected chi connectivity index (χ0v) is 20.9. The Kier molecular flexibility index (Phi) is 7.07. The number of nitrogens with one attached hydrogen (secondary N) is 2. The summed E-state index contributed by atoms with van der Waals surface area (Å²) < 4.78 is 9.48. The molecule has 0 radical (unpaired) electrons. The van der Waals surface area contributed by atoms with Crippen molar-refractivity contribution in [3.8, 4) is 0 Å². The molecule has 2 heterocycles. The highest BCUT2D eigenvalue weighted by Crippen LogP contribution is 2.36. The second kappa shape index (κ2) is 9.99. The van der Waals surface area contributed by atoms with Crippen LogP contribution in [0.1, 0.15) is 33.6 Å². The summed E-state index contributed by atoms with van der Waals surface area (Å²) in [6.07, 6.45) is 2.01. The first-order valence-corrected chi connectivity index (χ1v) is 13.8. The highest BCUT2D eigenvalue weighted by molar-refractivity contribution is 6.99. The molecule has 0 aliphatic carbocycles. The van der Waals surface area contributed by atoms with Crippen LogP contribution in [0.4, 0.5) is 0 Å². The fourth-order valence-electron chi connectivity index (χ4n) is 5.10. The molecule has 8 heteroatoms. The Hall–Kier alpha value is -2.80. The first-order chi connectivity index (χ1) is 15.9. The van der Waals surface area contributed by atoms with E-state index in [1.54, 1.807) is 0 Å². The van der Waals surface area contributed by atoms with E-state index in [0.717, 1.165) is 31.9 Å². The highest BCUT2D eigenvalue weighted by atomic mass is 28.4. The molecule has 4 rings (SSSR count). The average molecular weight is 464 g/mol. The third-order valence-corrected chi connectivity index (χ3v) is 11.8. The van der Waals surface area contributed by atoms with E-state index in [9.17, 15) is 0 Å². The Balaban J connectivity index is 1.57. The van der Waals surface area contributed by atoms with E-state index in [1.165, 1.54) is 10.4 Å². The third kappa shape index (κ3) is 4.93. The maximum atomic E-state index is 8.66. The molecule has 0 saturated heterocycles. The maximum absolute atomic E-state index is 8.66. The van der Waals surface area contributed by atoms with E-state index in [0.29, 0.717) is 13.2 Å². The van der Waals surface area contributed by atoms with Gasteiger partial charge in [-0.1, -0.05) is 86.5 Å². The Labute approximate surface area is 197 Å². The summed E-state index contributed by atoms with van der Waals surface area (Å²) in [6.45, 7) is 10.0. The molecule has 0 amide bonds. The minimum absolute atomic E-state index is 0.0347. The Bertz CT molecular complexity index is 975. The highest BCUT2D eigenvalue weighted by Gasteiger charge is 2.50. The Morgan fingerprint density at radius 2 is 1.52 bits per heavy atom. The third-order valence-electron chi connectivity index (χ3n) is 6.78. The maximum Gasteiger partial charge on any atom is 0.346 e. The molecule has 0 aromatic heterocycles. The molecule has 2 N–H and O–H groups in total. The lowest BCUT2D eigenvalue weighted by atomic mass is 10.1. The predicted molar refractivity (Wildman–Crippen MR) is 136 cm³/mol. The van der Waals surface area contributed by atoms with Crippen LogP contribution in [0.3, 0.4) is 0 Å². The lowest BCUT2D eigenvalue weighted by Crippen LogP contribution is -2.68. The fourth-order valence-corrected chi connectivity index (χ4v) is 9.70. The summed E-state index contributed by atoms with van der Waals surface area (Å²) in [5, 5.41) is 13.5. The lowest BCUT2D eigenvalue weighted by molar-refractivity contribution is -0.542. The van der Waals surface area contributed by atoms with Gasteiger partial charge in [-0.05, 0) is 20.9 Å². The van der Waals surface area contributed by atoms with Gasteiger partial charge in [0, 0.05) is 17.8 Å². The van der Waals surface area contributed by atoms with Crippen LogP contribution < -0.4 is 21.0 Å². The van der Waals surface area contributed by atoms with Gasteiger partial charge in [0.15, 0.2) is 0 Å². The topological polar surface area (TPSA) is 85.1 Å². The van der Waals surface area contributed by atoms with Crippen molar-refractivity contribution in [3.63, 3.8) is 0 Å². The zero-order valence-electron chi connectivity index (χ0n) is 19.9. The molecule has 2 aliphatic heterocycles. The van der Waals surface area contributed by atoms with Gasteiger partial charge in [-0.3, -0.25) is 15.2 Å². The van der Waals surface area contributed by atoms with Crippen LogP contribution >= 0.6 is 0 Å². The first-order valence-electron chi connectivity index (χ1n) is 11.8. The molecular weight excluding hydrogens is 428 g/mol. The van der Waals surface area contributed by atoms with Gasteiger partial charge in [0.2, 0.25) is 0 Å². The normalized spacial score (nSPS) is 20.8. The SMILES string of the molecule is CC(C)(C)[Si](OC[C@H]1CC[N+]2=C(N[C@@H](CN=[N+]=[N-])CC2)N1)(c1ccccc1)c1ccccc1. The van der Waals surface area contributed by atoms with Crippen molar-refractivity contribution in [1.29, 1.82) is 0 Å². The summed E-state index contributed by atoms with van der Waals surface area (Å²) in [5.74, 6) is 1.04. The van der Waals surface area contributed by atoms with Gasteiger partial charge in [0.25, 0.3) is 8.32 Å². The van der Waals surface area contributed by atoms with Crippen molar-refractivity contribution in [1.82, 2.24) is 10.6 Å². The van der Waals surface area contributed by atoms with Crippen molar-refractivity contribution < 1.29 is 9.00 Å². The predicted octanol–water partition coefficient (Wildman–Crippen LogP) is 2.97. The van der Waals surface area contributed by atoms with E-state index in [1.807, 2.05) is 0 Å². The van der Waals surface area contributed by atoms with Crippen molar-refractivity contribution in [3.05, 3.63) is 71.1 Å². The number of hydrogen-bond donors (Lipinski definition) is 2. The van der Waals surface area contributed by atoms with Crippen LogP contribution in [0.25, 0.3) is 10.4 Å². The minimum atomic E-state index is -2.55. The smallest absolute Gasteiger partial charge is 0.346 e. The number of rotatable bonds is 7. The number of hydrogen-bond acceptors (Lipinski definition) is 4. The molecule has 2 aliphatic rings. The van der Waals surface area contributed by atoms with Crippen molar-refractivity contribution in [2.24, 2.45) is 5.11 Å². The van der Waals surface area contributed by atoms with Crippen LogP contribution in [0, 0.1) is 0 Å². The summed E-state index contributed by atoms with van der Waals surface area (Å²) in [7, 11) is -2.55. The largest absolute Gasteiger partial charge is 0.404 e. The molecule has 0 bridgehead atoms. The van der Waals surface area contributed by atoms with Gasteiger partial charge in [-0.2, -0.15) is 0 Å². The minimum Gasteiger partial charge on any atom is -0.404 e. The molecular formula is C25H35N6OSi+. The number of nitrogens with zero attached hydrogens (tertiary/aromatic N) is 4. The van der Waals surface area contributed by atoms with Gasteiger partial charge in [0.05, 0.1) is 38.3 Å². The molecule has 7 nitrogen and oxygen atoms in total. The van der Waals surface area contributed by atoms with Crippen molar-refractivity contribution >= 4 is 24.7 Å². The van der Waals surface area contributed by atoms with E-state index in [4.69, 9.17) is 9.96 Å². The molecule has 0 spiro atoms. The van der Waals surface area contributed by atoms with E-state index >= 15 is 0 Å². The van der Waals surface area contributed by atoms with E-state index < -0.39 is 8.32 Å². The Morgan fingerprint density at radius 1 is 0.970 bits per heavy atom. The van der Waals surface area contributed by atoms with Crippen LogP contribution in [0.2, 0.25) is 5.04 Å². The van der Waals surface area contributed by atoms with Crippen molar-refractivity contribution in [2.75, 3.05) is 26.2 Å². The van der Waals surface area contributed by atoms with Crippen LogP contribution in [-0.2, 0) is 4.43 Å². The van der Waals surface area contributed by atoms with Gasteiger partial charge >= 0.3 is 5.96 Å². The monoisotopic (exact) mass is 463 g/mol. The average Bonchev–Trinajstić information content (AvgIpc) is 2.83. The fraction of sp³-hybridized carbons (Fsp3) is 0.480. The molecule has 0 fully saturated rings. The first kappa shape index (κ1) is 23.4. The second-order valence-corrected chi connectivity index (χ2v) is 14.3. The summed E-state index contributed by atoms with van der Waals surface area (Å²) in [4.78, 5) is 2.91. The quantitative estimate of drug-likeness (QED) is 0.218. The second-order valence-electron chi connectivity index (χ2n) is 9.98. The van der Waals surface area contributed by atoms with Crippen LogP contribution in [0.15, 0.2) is 65.8 Å². The molecule has 2 aromatic carbocycles. The van der Waals surface area contributed by atoms with Crippen molar-refractivity contribution in [2.45, 2.75) is 50.7 Å². The summed E-state index contributed by atoms with van der Waals surface area (Å²) in [6, 6.07) is 22.0.